The van der Waals surface area contributed by atoms with E-state index in [1.165, 1.54) is 5.57 Å². The number of allylic oxidation sites excluding steroid dienone is 4. The molecular weight excluding hydrogens is 340 g/mol. The summed E-state index contributed by atoms with van der Waals surface area (Å²) < 4.78 is 12.6. The molecule has 4 nitrogen and oxygen atoms in total. The van der Waals surface area contributed by atoms with Gasteiger partial charge < -0.3 is 14.6 Å². The highest BCUT2D eigenvalue weighted by molar-refractivity contribution is 6.01. The quantitative estimate of drug-likeness (QED) is 0.801. The van der Waals surface area contributed by atoms with E-state index in [4.69, 9.17) is 9.47 Å². The monoisotopic (exact) mass is 372 g/mol. The number of carbonyl (C=O) groups is 1. The fraction of sp³-hybridized carbons (Fsp3) is 0.783. The Morgan fingerprint density at radius 3 is 2.89 bits per heavy atom. The maximum Gasteiger partial charge on any atom is 0.178 e. The maximum atomic E-state index is 11.9. The van der Waals surface area contributed by atoms with Gasteiger partial charge in [-0.25, -0.2) is 0 Å². The second-order valence-electron chi connectivity index (χ2n) is 9.99. The van der Waals surface area contributed by atoms with E-state index < -0.39 is 0 Å². The van der Waals surface area contributed by atoms with Crippen LogP contribution in [0.3, 0.4) is 0 Å². The lowest BCUT2D eigenvalue weighted by molar-refractivity contribution is -0.160. The summed E-state index contributed by atoms with van der Waals surface area (Å²) in [6.07, 6.45) is 11.3. The van der Waals surface area contributed by atoms with Crippen molar-refractivity contribution in [3.8, 4) is 0 Å². The number of ether oxygens (including phenoxy) is 2. The minimum Gasteiger partial charge on any atom is -0.393 e. The summed E-state index contributed by atoms with van der Waals surface area (Å²) in [6, 6.07) is 0. The average molecular weight is 373 g/mol. The molecule has 4 heteroatoms. The third-order valence-electron chi connectivity index (χ3n) is 8.55. The summed E-state index contributed by atoms with van der Waals surface area (Å²) in [4.78, 5) is 11.9. The summed E-state index contributed by atoms with van der Waals surface area (Å²) >= 11 is 0. The molecule has 1 saturated heterocycles. The molecule has 0 aromatic heterocycles. The molecule has 9 atom stereocenters. The normalized spacial score (nSPS) is 53.4. The zero-order chi connectivity index (χ0) is 19.0. The number of rotatable bonds is 2. The van der Waals surface area contributed by atoms with Gasteiger partial charge in [0.2, 0.25) is 0 Å². The van der Waals surface area contributed by atoms with Crippen LogP contribution in [0.4, 0.5) is 0 Å². The first-order valence-corrected chi connectivity index (χ1v) is 10.8. The second kappa shape index (κ2) is 6.01. The van der Waals surface area contributed by atoms with Crippen molar-refractivity contribution in [1.29, 1.82) is 0 Å². The molecule has 4 aliphatic carbocycles. The maximum absolute atomic E-state index is 11.9. The number of hydrogen-bond acceptors (Lipinski definition) is 4. The van der Waals surface area contributed by atoms with Crippen LogP contribution in [0.2, 0.25) is 0 Å². The van der Waals surface area contributed by atoms with Crippen LogP contribution in [0.15, 0.2) is 23.8 Å². The SMILES string of the molecule is CCCC1OC2CC3C4CCC5=CC(=O)C=CC5(C)[C@H]4C(O)CC3(C)C2O1. The van der Waals surface area contributed by atoms with Crippen LogP contribution in [0.1, 0.15) is 59.3 Å². The lowest BCUT2D eigenvalue weighted by Crippen LogP contribution is -2.56. The van der Waals surface area contributed by atoms with Crippen molar-refractivity contribution in [3.63, 3.8) is 0 Å². The van der Waals surface area contributed by atoms with Gasteiger partial charge in [0, 0.05) is 16.7 Å². The molecule has 0 amide bonds. The summed E-state index contributed by atoms with van der Waals surface area (Å²) in [6.45, 7) is 6.72. The van der Waals surface area contributed by atoms with Gasteiger partial charge in [0.1, 0.15) is 0 Å². The van der Waals surface area contributed by atoms with E-state index in [-0.39, 0.29) is 47.1 Å². The molecule has 1 N–H and O–H groups in total. The first-order chi connectivity index (χ1) is 12.9. The predicted molar refractivity (Wildman–Crippen MR) is 102 cm³/mol. The molecular formula is C23H32O4. The minimum atomic E-state index is -0.365. The van der Waals surface area contributed by atoms with Gasteiger partial charge >= 0.3 is 0 Å². The molecule has 27 heavy (non-hydrogen) atoms. The smallest absolute Gasteiger partial charge is 0.178 e. The molecule has 0 bridgehead atoms. The number of hydrogen-bond donors (Lipinski definition) is 1. The van der Waals surface area contributed by atoms with E-state index in [0.29, 0.717) is 11.8 Å². The van der Waals surface area contributed by atoms with Crippen molar-refractivity contribution in [1.82, 2.24) is 0 Å². The van der Waals surface area contributed by atoms with Crippen molar-refractivity contribution >= 4 is 5.78 Å². The highest BCUT2D eigenvalue weighted by Gasteiger charge is 2.66. The van der Waals surface area contributed by atoms with E-state index in [1.54, 1.807) is 6.08 Å². The first kappa shape index (κ1) is 18.1. The Bertz CT molecular complexity index is 711. The zero-order valence-corrected chi connectivity index (χ0v) is 16.7. The van der Waals surface area contributed by atoms with Crippen molar-refractivity contribution in [3.05, 3.63) is 23.8 Å². The van der Waals surface area contributed by atoms with Gasteiger partial charge in [0.25, 0.3) is 0 Å². The molecule has 1 heterocycles. The molecule has 5 rings (SSSR count). The average Bonchev–Trinajstić information content (AvgIpc) is 3.12. The van der Waals surface area contributed by atoms with E-state index in [2.05, 4.69) is 26.8 Å². The lowest BCUT2D eigenvalue weighted by Gasteiger charge is -2.58. The molecule has 8 unspecified atom stereocenters. The third-order valence-corrected chi connectivity index (χ3v) is 8.55. The van der Waals surface area contributed by atoms with Gasteiger partial charge in [0.05, 0.1) is 18.3 Å². The van der Waals surface area contributed by atoms with E-state index in [0.717, 1.165) is 38.5 Å². The van der Waals surface area contributed by atoms with Crippen molar-refractivity contribution < 1.29 is 19.4 Å². The third kappa shape index (κ3) is 2.42. The topological polar surface area (TPSA) is 55.8 Å². The van der Waals surface area contributed by atoms with Gasteiger partial charge in [-0.15, -0.1) is 0 Å². The number of carbonyl (C=O) groups excluding carboxylic acids is 1. The van der Waals surface area contributed by atoms with Gasteiger partial charge in [-0.3, -0.25) is 4.79 Å². The molecule has 0 aromatic rings. The Kier molecular flexibility index (Phi) is 4.03. The van der Waals surface area contributed by atoms with Crippen molar-refractivity contribution in [2.75, 3.05) is 0 Å². The van der Waals surface area contributed by atoms with E-state index in [9.17, 15) is 9.90 Å². The molecule has 0 aromatic carbocycles. The summed E-state index contributed by atoms with van der Waals surface area (Å²) in [7, 11) is 0. The molecule has 148 valence electrons. The summed E-state index contributed by atoms with van der Waals surface area (Å²) in [5, 5.41) is 11.3. The molecule has 0 radical (unpaired) electrons. The van der Waals surface area contributed by atoms with Crippen molar-refractivity contribution in [2.45, 2.75) is 83.9 Å². The Balaban J connectivity index is 1.46. The lowest BCUT2D eigenvalue weighted by atomic mass is 9.47. The van der Waals surface area contributed by atoms with Gasteiger partial charge in [-0.2, -0.15) is 0 Å². The van der Waals surface area contributed by atoms with Crippen LogP contribution in [0.25, 0.3) is 0 Å². The number of ketones is 1. The second-order valence-corrected chi connectivity index (χ2v) is 9.99. The van der Waals surface area contributed by atoms with Crippen LogP contribution in [-0.2, 0) is 14.3 Å². The van der Waals surface area contributed by atoms with Gasteiger partial charge in [-0.1, -0.05) is 38.8 Å². The highest BCUT2D eigenvalue weighted by Crippen LogP contribution is 2.66. The molecule has 3 saturated carbocycles. The molecule has 0 spiro atoms. The van der Waals surface area contributed by atoms with E-state index >= 15 is 0 Å². The fourth-order valence-corrected chi connectivity index (χ4v) is 7.41. The predicted octanol–water partition coefficient (Wildman–Crippen LogP) is 3.79. The highest BCUT2D eigenvalue weighted by atomic mass is 16.7. The number of aliphatic hydroxyl groups excluding tert-OH is 1. The van der Waals surface area contributed by atoms with Gasteiger partial charge in [-0.05, 0) is 56.1 Å². The summed E-state index contributed by atoms with van der Waals surface area (Å²) in [5.74, 6) is 1.26. The van der Waals surface area contributed by atoms with Gasteiger partial charge in [0.15, 0.2) is 12.1 Å². The first-order valence-electron chi connectivity index (χ1n) is 10.8. The Labute approximate surface area is 162 Å². The summed E-state index contributed by atoms with van der Waals surface area (Å²) in [5.41, 5.74) is 1.01. The van der Waals surface area contributed by atoms with Crippen LogP contribution in [0.5, 0.6) is 0 Å². The largest absolute Gasteiger partial charge is 0.393 e. The van der Waals surface area contributed by atoms with Crippen LogP contribution in [-0.4, -0.2) is 35.5 Å². The van der Waals surface area contributed by atoms with Crippen molar-refractivity contribution in [2.24, 2.45) is 28.6 Å². The fourth-order valence-electron chi connectivity index (χ4n) is 7.41. The number of fused-ring (bicyclic) bond motifs is 7. The van der Waals surface area contributed by atoms with E-state index in [1.807, 2.05) is 6.08 Å². The standard InChI is InChI=1S/C23H32O4/c1-4-5-19-26-18-11-16-15-7-6-13-10-14(24)8-9-22(13,2)20(15)17(25)12-23(16,3)21(18)27-19/h8-10,15-21,25H,4-7,11-12H2,1-3H3/t15?,16?,17?,18?,19?,20-,21?,22?,23?/m1/s1. The zero-order valence-electron chi connectivity index (χ0n) is 16.7. The van der Waals surface area contributed by atoms with Crippen LogP contribution in [0, 0.1) is 28.6 Å². The molecule has 5 aliphatic rings. The van der Waals surface area contributed by atoms with Crippen LogP contribution < -0.4 is 0 Å². The Morgan fingerprint density at radius 1 is 1.30 bits per heavy atom. The number of aliphatic hydroxyl groups is 1. The molecule has 4 fully saturated rings. The Hall–Kier alpha value is -0.970. The van der Waals surface area contributed by atoms with Crippen LogP contribution >= 0.6 is 0 Å². The Morgan fingerprint density at radius 2 is 2.11 bits per heavy atom. The molecule has 1 aliphatic heterocycles. The minimum absolute atomic E-state index is 0.0144.